The van der Waals surface area contributed by atoms with E-state index in [1.54, 1.807) is 0 Å². The third-order valence-electron chi connectivity index (χ3n) is 5.37. The molecule has 1 unspecified atom stereocenters. The van der Waals surface area contributed by atoms with E-state index in [4.69, 9.17) is 5.11 Å². The molecule has 152 valence electrons. The summed E-state index contributed by atoms with van der Waals surface area (Å²) in [5.74, 6) is 0. The molecule has 1 aliphatic heterocycles. The van der Waals surface area contributed by atoms with E-state index in [0.29, 0.717) is 6.54 Å². The fourth-order valence-corrected chi connectivity index (χ4v) is 3.66. The van der Waals surface area contributed by atoms with Crippen LogP contribution in [0, 0.1) is 0 Å². The number of unbranched alkanes of at least 4 members (excludes halogenated alkanes) is 14. The molecule has 3 heteroatoms. The second-order valence-electron chi connectivity index (χ2n) is 7.78. The average Bonchev–Trinajstić information content (AvgIpc) is 3.09. The van der Waals surface area contributed by atoms with E-state index in [1.165, 1.54) is 89.9 Å². The summed E-state index contributed by atoms with van der Waals surface area (Å²) in [7, 11) is 0. The maximum atomic E-state index is 9.04. The van der Waals surface area contributed by atoms with Crippen molar-refractivity contribution in [2.75, 3.05) is 19.7 Å². The van der Waals surface area contributed by atoms with Gasteiger partial charge >= 0.3 is 0 Å². The Bertz CT molecular complexity index is 354. The lowest BCUT2D eigenvalue weighted by atomic mass is 10.0. The van der Waals surface area contributed by atoms with Gasteiger partial charge < -0.3 is 5.11 Å². The Kier molecular flexibility index (Phi) is 15.9. The summed E-state index contributed by atoms with van der Waals surface area (Å²) < 4.78 is 0. The predicted molar refractivity (Wildman–Crippen MR) is 115 cm³/mol. The Labute approximate surface area is 163 Å². The van der Waals surface area contributed by atoms with Crippen molar-refractivity contribution in [2.45, 2.75) is 109 Å². The van der Waals surface area contributed by atoms with Crippen LogP contribution in [0.25, 0.3) is 0 Å². The van der Waals surface area contributed by atoms with Gasteiger partial charge in [0.2, 0.25) is 0 Å². The highest BCUT2D eigenvalue weighted by molar-refractivity contribution is 5.62. The van der Waals surface area contributed by atoms with Gasteiger partial charge in [0.1, 0.15) is 6.17 Å². The van der Waals surface area contributed by atoms with E-state index in [1.807, 2.05) is 6.21 Å². The lowest BCUT2D eigenvalue weighted by Gasteiger charge is -2.18. The third-order valence-corrected chi connectivity index (χ3v) is 5.37. The first-order valence-electron chi connectivity index (χ1n) is 11.4. The fraction of sp³-hybridized carbons (Fsp3) is 0.870. The number of allylic oxidation sites excluding steroid dienone is 1. The maximum absolute atomic E-state index is 9.04. The Morgan fingerprint density at radius 2 is 1.42 bits per heavy atom. The molecule has 0 amide bonds. The number of rotatable bonds is 18. The van der Waals surface area contributed by atoms with E-state index in [9.17, 15) is 0 Å². The lowest BCUT2D eigenvalue weighted by molar-refractivity contribution is 0.201. The summed E-state index contributed by atoms with van der Waals surface area (Å²) in [4.78, 5) is 6.64. The molecule has 0 aromatic heterocycles. The molecule has 0 spiro atoms. The van der Waals surface area contributed by atoms with Gasteiger partial charge in [-0.25, -0.2) is 0 Å². The second-order valence-corrected chi connectivity index (χ2v) is 7.78. The van der Waals surface area contributed by atoms with Gasteiger partial charge in [-0.05, 0) is 18.9 Å². The summed E-state index contributed by atoms with van der Waals surface area (Å²) in [5.41, 5.74) is 0. The van der Waals surface area contributed by atoms with E-state index in [0.717, 1.165) is 13.0 Å². The standard InChI is InChI=1S/C23H44N2O/c1-2-3-4-5-6-7-8-9-10-11-12-13-14-15-16-17-18-23-24-19-20-25(23)21-22-26/h17-19,23,26H,2-16,20-22H2,1H3/b18-17+. The van der Waals surface area contributed by atoms with Crippen LogP contribution in [0.4, 0.5) is 0 Å². The van der Waals surface area contributed by atoms with Crippen molar-refractivity contribution in [1.29, 1.82) is 0 Å². The molecular weight excluding hydrogens is 320 g/mol. The number of hydrogen-bond acceptors (Lipinski definition) is 3. The van der Waals surface area contributed by atoms with Crippen LogP contribution in [-0.2, 0) is 0 Å². The Hall–Kier alpha value is -0.670. The van der Waals surface area contributed by atoms with Gasteiger partial charge in [-0.15, -0.1) is 0 Å². The molecule has 1 aliphatic rings. The molecule has 26 heavy (non-hydrogen) atoms. The molecule has 1 heterocycles. The molecule has 0 aliphatic carbocycles. The van der Waals surface area contributed by atoms with Crippen LogP contribution in [0.15, 0.2) is 17.1 Å². The zero-order valence-electron chi connectivity index (χ0n) is 17.4. The predicted octanol–water partition coefficient (Wildman–Crippen LogP) is 6.12. The summed E-state index contributed by atoms with van der Waals surface area (Å²) in [6.07, 6.45) is 27.6. The number of nitrogens with zero attached hydrogens (tertiary/aromatic N) is 2. The average molecular weight is 365 g/mol. The Morgan fingerprint density at radius 1 is 0.885 bits per heavy atom. The molecule has 1 N–H and O–H groups in total. The van der Waals surface area contributed by atoms with Gasteiger partial charge in [0.15, 0.2) is 0 Å². The highest BCUT2D eigenvalue weighted by Gasteiger charge is 2.16. The molecule has 1 rings (SSSR count). The smallest absolute Gasteiger partial charge is 0.121 e. The molecular formula is C23H44N2O. The van der Waals surface area contributed by atoms with Gasteiger partial charge in [0, 0.05) is 19.3 Å². The second kappa shape index (κ2) is 17.7. The van der Waals surface area contributed by atoms with Crippen molar-refractivity contribution >= 4 is 6.21 Å². The van der Waals surface area contributed by atoms with Crippen molar-refractivity contribution in [3.05, 3.63) is 12.2 Å². The van der Waals surface area contributed by atoms with E-state index in [2.05, 4.69) is 29.0 Å². The minimum atomic E-state index is 0.161. The molecule has 3 nitrogen and oxygen atoms in total. The monoisotopic (exact) mass is 364 g/mol. The van der Waals surface area contributed by atoms with Crippen molar-refractivity contribution in [3.63, 3.8) is 0 Å². The van der Waals surface area contributed by atoms with Crippen LogP contribution < -0.4 is 0 Å². The van der Waals surface area contributed by atoms with E-state index < -0.39 is 0 Å². The minimum absolute atomic E-state index is 0.161. The van der Waals surface area contributed by atoms with Crippen LogP contribution in [0.2, 0.25) is 0 Å². The van der Waals surface area contributed by atoms with Gasteiger partial charge in [-0.3, -0.25) is 9.89 Å². The number of β-amino-alcohol motifs (C(OH)–C–C–N with tert-alkyl or cyclic N) is 1. The molecule has 0 bridgehead atoms. The highest BCUT2D eigenvalue weighted by Crippen LogP contribution is 2.14. The number of aliphatic hydroxyl groups is 1. The zero-order chi connectivity index (χ0) is 18.7. The highest BCUT2D eigenvalue weighted by atomic mass is 16.3. The molecule has 0 radical (unpaired) electrons. The van der Waals surface area contributed by atoms with Crippen molar-refractivity contribution < 1.29 is 5.11 Å². The number of aliphatic hydroxyl groups excluding tert-OH is 1. The van der Waals surface area contributed by atoms with Crippen LogP contribution in [-0.4, -0.2) is 42.1 Å². The van der Waals surface area contributed by atoms with Crippen LogP contribution in [0.1, 0.15) is 103 Å². The van der Waals surface area contributed by atoms with Gasteiger partial charge in [0.25, 0.3) is 0 Å². The topological polar surface area (TPSA) is 35.8 Å². The SMILES string of the molecule is CCCCCCCCCCCCCCCC/C=C/C1N=CCN1CCO. The minimum Gasteiger partial charge on any atom is -0.395 e. The lowest BCUT2D eigenvalue weighted by Crippen LogP contribution is -2.31. The molecule has 0 aromatic carbocycles. The van der Waals surface area contributed by atoms with Crippen molar-refractivity contribution in [2.24, 2.45) is 4.99 Å². The summed E-state index contributed by atoms with van der Waals surface area (Å²) in [6.45, 7) is 4.09. The number of aliphatic imine (C=N–C) groups is 1. The Balaban J connectivity index is 1.79. The summed E-state index contributed by atoms with van der Waals surface area (Å²) in [5, 5.41) is 9.04. The largest absolute Gasteiger partial charge is 0.395 e. The van der Waals surface area contributed by atoms with Crippen LogP contribution >= 0.6 is 0 Å². The molecule has 0 fully saturated rings. The molecule has 0 aromatic rings. The van der Waals surface area contributed by atoms with Crippen molar-refractivity contribution in [1.82, 2.24) is 4.90 Å². The summed E-state index contributed by atoms with van der Waals surface area (Å²) in [6, 6.07) is 0. The molecule has 0 saturated carbocycles. The van der Waals surface area contributed by atoms with Gasteiger partial charge in [0.05, 0.1) is 6.61 Å². The molecule has 1 atom stereocenters. The van der Waals surface area contributed by atoms with Crippen LogP contribution in [0.5, 0.6) is 0 Å². The summed E-state index contributed by atoms with van der Waals surface area (Å²) >= 11 is 0. The zero-order valence-corrected chi connectivity index (χ0v) is 17.4. The Morgan fingerprint density at radius 3 is 1.96 bits per heavy atom. The molecule has 0 saturated heterocycles. The van der Waals surface area contributed by atoms with Gasteiger partial charge in [-0.2, -0.15) is 0 Å². The maximum Gasteiger partial charge on any atom is 0.121 e. The fourth-order valence-electron chi connectivity index (χ4n) is 3.66. The van der Waals surface area contributed by atoms with Crippen molar-refractivity contribution in [3.8, 4) is 0 Å². The first kappa shape index (κ1) is 23.4. The third kappa shape index (κ3) is 12.6. The van der Waals surface area contributed by atoms with Crippen LogP contribution in [0.3, 0.4) is 0 Å². The quantitative estimate of drug-likeness (QED) is 0.235. The first-order valence-corrected chi connectivity index (χ1v) is 11.4. The normalized spacial score (nSPS) is 17.7. The number of hydrogen-bond donors (Lipinski definition) is 1. The first-order chi connectivity index (χ1) is 12.9. The van der Waals surface area contributed by atoms with Gasteiger partial charge in [-0.1, -0.05) is 96.5 Å². The van der Waals surface area contributed by atoms with E-state index in [-0.39, 0.29) is 12.8 Å². The van der Waals surface area contributed by atoms with E-state index >= 15 is 0 Å².